The number of fused-ring (bicyclic) bond motifs is 1. The molecule has 1 amide bonds. The van der Waals surface area contributed by atoms with E-state index in [1.54, 1.807) is 0 Å². The summed E-state index contributed by atoms with van der Waals surface area (Å²) in [6, 6.07) is 11.6. The molecule has 1 aliphatic carbocycles. The first-order chi connectivity index (χ1) is 12.1. The summed E-state index contributed by atoms with van der Waals surface area (Å²) in [5.74, 6) is 0.784. The number of hydrogen-bond acceptors (Lipinski definition) is 3. The molecular formula is C19H19ClN4O. The topological polar surface area (TPSA) is 50.5 Å². The van der Waals surface area contributed by atoms with Gasteiger partial charge in [-0.15, -0.1) is 10.2 Å². The lowest BCUT2D eigenvalue weighted by molar-refractivity contribution is 0.0673. The van der Waals surface area contributed by atoms with Crippen LogP contribution in [0.1, 0.15) is 47.6 Å². The highest BCUT2D eigenvalue weighted by Gasteiger charge is 2.37. The van der Waals surface area contributed by atoms with Crippen LogP contribution >= 0.6 is 11.6 Å². The molecule has 6 heteroatoms. The number of nitrogens with zero attached hydrogens (tertiary/aromatic N) is 4. The van der Waals surface area contributed by atoms with Gasteiger partial charge in [0, 0.05) is 17.3 Å². The first kappa shape index (κ1) is 16.1. The molecule has 25 heavy (non-hydrogen) atoms. The smallest absolute Gasteiger partial charge is 0.256 e. The lowest BCUT2D eigenvalue weighted by atomic mass is 10.1. The molecule has 0 spiro atoms. The number of aromatic nitrogens is 3. The van der Waals surface area contributed by atoms with Crippen molar-refractivity contribution in [3.05, 3.63) is 64.6 Å². The van der Waals surface area contributed by atoms with Crippen LogP contribution in [0.5, 0.6) is 0 Å². The minimum Gasteiger partial charge on any atom is -0.329 e. The Morgan fingerprint density at radius 1 is 1.24 bits per heavy atom. The van der Waals surface area contributed by atoms with Crippen molar-refractivity contribution in [2.45, 2.75) is 38.8 Å². The number of halogens is 1. The third-order valence-electron chi connectivity index (χ3n) is 4.77. The fraction of sp³-hybridized carbons (Fsp3) is 0.316. The van der Waals surface area contributed by atoms with Crippen molar-refractivity contribution in [2.75, 3.05) is 0 Å². The molecule has 3 aromatic rings. The Kier molecular flexibility index (Phi) is 3.96. The Morgan fingerprint density at radius 2 is 2.00 bits per heavy atom. The third-order valence-corrected chi connectivity index (χ3v) is 5.11. The lowest BCUT2D eigenvalue weighted by Crippen LogP contribution is -2.35. The Labute approximate surface area is 151 Å². The average molecular weight is 355 g/mol. The first-order valence-corrected chi connectivity index (χ1v) is 8.82. The molecular weight excluding hydrogens is 336 g/mol. The average Bonchev–Trinajstić information content (AvgIpc) is 3.38. The highest BCUT2D eigenvalue weighted by Crippen LogP contribution is 2.37. The van der Waals surface area contributed by atoms with Crippen molar-refractivity contribution in [1.29, 1.82) is 0 Å². The molecule has 1 saturated carbocycles. The Bertz CT molecular complexity index is 948. The van der Waals surface area contributed by atoms with Crippen molar-refractivity contribution >= 4 is 23.2 Å². The van der Waals surface area contributed by atoms with Gasteiger partial charge in [-0.3, -0.25) is 9.20 Å². The van der Waals surface area contributed by atoms with Crippen LogP contribution in [0, 0.1) is 6.92 Å². The van der Waals surface area contributed by atoms with E-state index in [-0.39, 0.29) is 18.0 Å². The lowest BCUT2D eigenvalue weighted by Gasteiger charge is -2.30. The van der Waals surface area contributed by atoms with Crippen molar-refractivity contribution in [3.8, 4) is 0 Å². The molecule has 0 radical (unpaired) electrons. The second-order valence-corrected chi connectivity index (χ2v) is 6.94. The van der Waals surface area contributed by atoms with Gasteiger partial charge in [-0.1, -0.05) is 29.8 Å². The van der Waals surface area contributed by atoms with Gasteiger partial charge in [0.2, 0.25) is 0 Å². The van der Waals surface area contributed by atoms with E-state index in [1.807, 2.05) is 65.7 Å². The van der Waals surface area contributed by atoms with Crippen LogP contribution in [0.2, 0.25) is 5.02 Å². The molecule has 1 fully saturated rings. The molecule has 2 heterocycles. The maximum Gasteiger partial charge on any atom is 0.256 e. The zero-order valence-corrected chi connectivity index (χ0v) is 14.9. The van der Waals surface area contributed by atoms with Gasteiger partial charge in [0.05, 0.1) is 11.6 Å². The minimum absolute atomic E-state index is 0.0184. The molecule has 0 bridgehead atoms. The zero-order valence-electron chi connectivity index (χ0n) is 14.2. The predicted molar refractivity (Wildman–Crippen MR) is 96.8 cm³/mol. The second kappa shape index (κ2) is 6.15. The van der Waals surface area contributed by atoms with E-state index in [2.05, 4.69) is 10.2 Å². The summed E-state index contributed by atoms with van der Waals surface area (Å²) < 4.78 is 1.85. The number of pyridine rings is 1. The minimum atomic E-state index is -0.0774. The van der Waals surface area contributed by atoms with E-state index >= 15 is 0 Å². The maximum atomic E-state index is 13.3. The number of amides is 1. The van der Waals surface area contributed by atoms with Crippen molar-refractivity contribution in [1.82, 2.24) is 19.5 Å². The molecule has 0 unspecified atom stereocenters. The number of benzene rings is 1. The molecule has 1 aromatic carbocycles. The molecule has 1 aliphatic rings. The molecule has 5 nitrogen and oxygen atoms in total. The largest absolute Gasteiger partial charge is 0.329 e. The van der Waals surface area contributed by atoms with Gasteiger partial charge >= 0.3 is 0 Å². The molecule has 0 saturated heterocycles. The number of carbonyl (C=O) groups excluding carboxylic acids is 1. The Balaban J connectivity index is 1.71. The number of hydrogen-bond donors (Lipinski definition) is 0. The number of aryl methyl sites for hydroxylation is 1. The van der Waals surface area contributed by atoms with Crippen LogP contribution in [0.15, 0.2) is 42.6 Å². The summed E-state index contributed by atoms with van der Waals surface area (Å²) in [4.78, 5) is 15.2. The van der Waals surface area contributed by atoms with E-state index in [1.165, 1.54) is 0 Å². The number of carbonyl (C=O) groups is 1. The van der Waals surface area contributed by atoms with Crippen LogP contribution in [0.3, 0.4) is 0 Å². The maximum absolute atomic E-state index is 13.3. The fourth-order valence-corrected chi connectivity index (χ4v) is 3.55. The fourth-order valence-electron chi connectivity index (χ4n) is 3.26. The summed E-state index contributed by atoms with van der Waals surface area (Å²) in [6.07, 6.45) is 3.89. The van der Waals surface area contributed by atoms with Gasteiger partial charge < -0.3 is 4.90 Å². The normalized spacial score (nSPS) is 15.3. The highest BCUT2D eigenvalue weighted by atomic mass is 35.5. The highest BCUT2D eigenvalue weighted by molar-refractivity contribution is 6.31. The van der Waals surface area contributed by atoms with Crippen molar-refractivity contribution < 1.29 is 4.79 Å². The van der Waals surface area contributed by atoms with E-state index in [4.69, 9.17) is 11.6 Å². The quantitative estimate of drug-likeness (QED) is 0.710. The van der Waals surface area contributed by atoms with E-state index in [0.717, 1.165) is 29.9 Å². The SMILES string of the molecule is Cc1nnc2ccc(C(=O)N(C3CC3)[C@@H](C)c3ccccc3Cl)cn12. The Morgan fingerprint density at radius 3 is 2.72 bits per heavy atom. The third kappa shape index (κ3) is 2.89. The van der Waals surface area contributed by atoms with Crippen LogP contribution < -0.4 is 0 Å². The summed E-state index contributed by atoms with van der Waals surface area (Å²) >= 11 is 6.36. The molecule has 2 aromatic heterocycles. The van der Waals surface area contributed by atoms with Crippen LogP contribution in [-0.4, -0.2) is 31.4 Å². The second-order valence-electron chi connectivity index (χ2n) is 6.53. The first-order valence-electron chi connectivity index (χ1n) is 8.44. The van der Waals surface area contributed by atoms with Crippen molar-refractivity contribution in [3.63, 3.8) is 0 Å². The summed E-state index contributed by atoms with van der Waals surface area (Å²) in [7, 11) is 0. The van der Waals surface area contributed by atoms with Gasteiger partial charge in [0.25, 0.3) is 5.91 Å². The van der Waals surface area contributed by atoms with Gasteiger partial charge in [0.15, 0.2) is 5.65 Å². The monoisotopic (exact) mass is 354 g/mol. The van der Waals surface area contributed by atoms with Crippen LogP contribution in [0.4, 0.5) is 0 Å². The van der Waals surface area contributed by atoms with Gasteiger partial charge in [-0.25, -0.2) is 0 Å². The molecule has 0 N–H and O–H groups in total. The summed E-state index contributed by atoms with van der Waals surface area (Å²) in [5.41, 5.74) is 2.36. The predicted octanol–water partition coefficient (Wildman–Crippen LogP) is 4.06. The van der Waals surface area contributed by atoms with Crippen LogP contribution in [-0.2, 0) is 0 Å². The van der Waals surface area contributed by atoms with E-state index in [9.17, 15) is 4.79 Å². The molecule has 128 valence electrons. The van der Waals surface area contributed by atoms with Gasteiger partial charge in [0.1, 0.15) is 5.82 Å². The van der Waals surface area contributed by atoms with E-state index < -0.39 is 0 Å². The van der Waals surface area contributed by atoms with Crippen molar-refractivity contribution in [2.24, 2.45) is 0 Å². The summed E-state index contributed by atoms with van der Waals surface area (Å²) in [5, 5.41) is 8.82. The van der Waals surface area contributed by atoms with E-state index in [0.29, 0.717) is 10.6 Å². The molecule has 4 rings (SSSR count). The standard InChI is InChI=1S/C19H19ClN4O/c1-12(16-5-3-4-6-17(16)20)24(15-8-9-15)19(25)14-7-10-18-22-21-13(2)23(18)11-14/h3-7,10-12,15H,8-9H2,1-2H3/t12-/m0/s1. The molecule has 0 aliphatic heterocycles. The number of rotatable bonds is 4. The zero-order chi connectivity index (χ0) is 17.6. The van der Waals surface area contributed by atoms with Gasteiger partial charge in [-0.2, -0.15) is 0 Å². The van der Waals surface area contributed by atoms with Gasteiger partial charge in [-0.05, 0) is 50.5 Å². The Hall–Kier alpha value is -2.40. The van der Waals surface area contributed by atoms with Crippen LogP contribution in [0.25, 0.3) is 5.65 Å². The molecule has 1 atom stereocenters. The summed E-state index contributed by atoms with van der Waals surface area (Å²) in [6.45, 7) is 3.92.